The molecule has 0 radical (unpaired) electrons. The van der Waals surface area contributed by atoms with Crippen molar-refractivity contribution in [2.45, 2.75) is 19.1 Å². The van der Waals surface area contributed by atoms with E-state index < -0.39 is 17.9 Å². The molecule has 1 aromatic carbocycles. The molecule has 0 saturated carbocycles. The lowest BCUT2D eigenvalue weighted by Crippen LogP contribution is -2.63. The number of aryl methyl sites for hydroxylation is 1. The first-order valence-corrected chi connectivity index (χ1v) is 10.3. The van der Waals surface area contributed by atoms with Crippen molar-refractivity contribution in [2.24, 2.45) is 0 Å². The van der Waals surface area contributed by atoms with Crippen LogP contribution in [-0.4, -0.2) is 78.1 Å². The van der Waals surface area contributed by atoms with Gasteiger partial charge >= 0.3 is 6.36 Å². The summed E-state index contributed by atoms with van der Waals surface area (Å²) >= 11 is 0. The molecule has 2 saturated heterocycles. The smallest absolute Gasteiger partial charge is 0.406 e. The molecule has 2 aliphatic rings. The monoisotopic (exact) mass is 465 g/mol. The quantitative estimate of drug-likeness (QED) is 0.694. The number of pyridine rings is 1. The number of alkyl halides is 3. The highest BCUT2D eigenvalue weighted by Gasteiger charge is 2.44. The van der Waals surface area contributed by atoms with Crippen LogP contribution in [0.2, 0.25) is 0 Å². The second-order valence-corrected chi connectivity index (χ2v) is 7.82. The van der Waals surface area contributed by atoms with Crippen molar-refractivity contribution in [3.05, 3.63) is 59.4 Å². The fraction of sp³-hybridized carbons (Fsp3) is 0.409. The molecule has 0 aliphatic carbocycles. The summed E-state index contributed by atoms with van der Waals surface area (Å²) in [5.74, 6) is -2.15. The Kier molecular flexibility index (Phi) is 6.26. The van der Waals surface area contributed by atoms with Crippen LogP contribution >= 0.6 is 0 Å². The summed E-state index contributed by atoms with van der Waals surface area (Å²) in [6.07, 6.45) is -3.24. The Morgan fingerprint density at radius 3 is 2.09 bits per heavy atom. The Morgan fingerprint density at radius 2 is 1.55 bits per heavy atom. The lowest BCUT2D eigenvalue weighted by Gasteiger charge is -2.47. The van der Waals surface area contributed by atoms with Crippen LogP contribution in [0.4, 0.5) is 13.2 Å². The lowest BCUT2D eigenvalue weighted by molar-refractivity contribution is -0.282. The molecule has 11 heteroatoms. The van der Waals surface area contributed by atoms with Crippen LogP contribution in [0.25, 0.3) is 0 Å². The average Bonchev–Trinajstić information content (AvgIpc) is 2.77. The molecule has 2 aromatic rings. The van der Waals surface area contributed by atoms with Crippen molar-refractivity contribution in [3.63, 3.8) is 0 Å². The van der Waals surface area contributed by atoms with Gasteiger partial charge in [0.1, 0.15) is 5.75 Å². The zero-order valence-electron chi connectivity index (χ0n) is 17.8. The number of hydrogen-bond acceptors (Lipinski definition) is 6. The maximum absolute atomic E-state index is 13.0. The van der Waals surface area contributed by atoms with Crippen LogP contribution in [0.15, 0.2) is 42.6 Å². The summed E-state index contributed by atoms with van der Waals surface area (Å²) in [7, 11) is 0. The fourth-order valence-corrected chi connectivity index (χ4v) is 3.89. The molecule has 2 amide bonds. The van der Waals surface area contributed by atoms with E-state index >= 15 is 0 Å². The first-order chi connectivity index (χ1) is 15.6. The third-order valence-electron chi connectivity index (χ3n) is 5.37. The van der Waals surface area contributed by atoms with Crippen molar-refractivity contribution in [3.8, 4) is 5.75 Å². The van der Waals surface area contributed by atoms with Gasteiger partial charge in [-0.3, -0.25) is 14.6 Å². The molecule has 0 bridgehead atoms. The molecule has 1 unspecified atom stereocenters. The van der Waals surface area contributed by atoms with E-state index in [9.17, 15) is 22.8 Å². The first kappa shape index (κ1) is 23.0. The van der Waals surface area contributed by atoms with Crippen LogP contribution in [0, 0.1) is 6.92 Å². The lowest BCUT2D eigenvalue weighted by atomic mass is 10.1. The number of ether oxygens (including phenoxy) is 3. The number of carbonyl (C=O) groups excluding carboxylic acids is 2. The molecule has 3 heterocycles. The van der Waals surface area contributed by atoms with E-state index in [1.165, 1.54) is 17.0 Å². The molecule has 0 N–H and O–H groups in total. The second-order valence-electron chi connectivity index (χ2n) is 7.82. The third kappa shape index (κ3) is 5.42. The van der Waals surface area contributed by atoms with Crippen LogP contribution < -0.4 is 4.74 Å². The van der Waals surface area contributed by atoms with E-state index in [0.717, 1.165) is 17.8 Å². The van der Waals surface area contributed by atoms with Gasteiger partial charge in [-0.2, -0.15) is 0 Å². The van der Waals surface area contributed by atoms with E-state index in [4.69, 9.17) is 9.47 Å². The van der Waals surface area contributed by atoms with E-state index in [-0.39, 0.29) is 50.2 Å². The minimum atomic E-state index is -4.81. The molecule has 176 valence electrons. The Labute approximate surface area is 187 Å². The number of rotatable bonds is 3. The Bertz CT molecular complexity index is 1030. The van der Waals surface area contributed by atoms with E-state index in [2.05, 4.69) is 9.72 Å². The SMILES string of the molecule is Cc1cc(C(=O)N2CCOC3(CN(C(=O)c4ccc(OC(F)(F)F)cc4)CCO3)C2)ccn1. The third-order valence-corrected chi connectivity index (χ3v) is 5.37. The van der Waals surface area contributed by atoms with Crippen LogP contribution in [0.1, 0.15) is 26.4 Å². The van der Waals surface area contributed by atoms with Crippen molar-refractivity contribution >= 4 is 11.8 Å². The Balaban J connectivity index is 1.44. The van der Waals surface area contributed by atoms with Crippen LogP contribution in [-0.2, 0) is 9.47 Å². The summed E-state index contributed by atoms with van der Waals surface area (Å²) in [4.78, 5) is 33.2. The first-order valence-electron chi connectivity index (χ1n) is 10.3. The zero-order valence-corrected chi connectivity index (χ0v) is 17.8. The van der Waals surface area contributed by atoms with E-state index in [1.807, 2.05) is 0 Å². The van der Waals surface area contributed by atoms with Crippen LogP contribution in [0.5, 0.6) is 5.75 Å². The zero-order chi connectivity index (χ0) is 23.6. The summed E-state index contributed by atoms with van der Waals surface area (Å²) in [5.41, 5.74) is 1.43. The van der Waals surface area contributed by atoms with Gasteiger partial charge in [-0.15, -0.1) is 13.2 Å². The van der Waals surface area contributed by atoms with Crippen molar-refractivity contribution in [1.29, 1.82) is 0 Å². The van der Waals surface area contributed by atoms with Crippen molar-refractivity contribution < 1.29 is 37.0 Å². The highest BCUT2D eigenvalue weighted by Crippen LogP contribution is 2.28. The Hall–Kier alpha value is -3.18. The molecule has 1 atom stereocenters. The summed E-state index contributed by atoms with van der Waals surface area (Å²) in [6.45, 7) is 3.09. The molecule has 2 fully saturated rings. The van der Waals surface area contributed by atoms with Gasteiger partial charge in [-0.1, -0.05) is 0 Å². The van der Waals surface area contributed by atoms with Gasteiger partial charge in [0.15, 0.2) is 0 Å². The number of amides is 2. The van der Waals surface area contributed by atoms with E-state index in [0.29, 0.717) is 12.1 Å². The van der Waals surface area contributed by atoms with Crippen molar-refractivity contribution in [1.82, 2.24) is 14.8 Å². The van der Waals surface area contributed by atoms with Gasteiger partial charge in [0.05, 0.1) is 26.3 Å². The maximum atomic E-state index is 13.0. The normalized spacial score (nSPS) is 21.2. The predicted molar refractivity (Wildman–Crippen MR) is 109 cm³/mol. The number of benzene rings is 1. The molecular formula is C22H22F3N3O5. The average molecular weight is 465 g/mol. The maximum Gasteiger partial charge on any atom is 0.573 e. The summed E-state index contributed by atoms with van der Waals surface area (Å²) in [6, 6.07) is 8.06. The number of carbonyl (C=O) groups is 2. The standard InChI is InChI=1S/C22H22F3N3O5/c1-15-12-17(6-7-26-15)20(30)28-9-11-32-21(14-28)13-27(8-10-31-21)19(29)16-2-4-18(5-3-16)33-22(23,24)25/h2-7,12H,8-11,13-14H2,1H3. The van der Waals surface area contributed by atoms with Crippen LogP contribution in [0.3, 0.4) is 0 Å². The minimum Gasteiger partial charge on any atom is -0.406 e. The van der Waals surface area contributed by atoms with Gasteiger partial charge in [0, 0.05) is 36.1 Å². The number of aromatic nitrogens is 1. The summed E-state index contributed by atoms with van der Waals surface area (Å²) in [5, 5.41) is 0. The van der Waals surface area contributed by atoms with Gasteiger partial charge in [-0.25, -0.2) is 0 Å². The van der Waals surface area contributed by atoms with E-state index in [1.54, 1.807) is 30.2 Å². The van der Waals surface area contributed by atoms with Gasteiger partial charge in [0.2, 0.25) is 5.79 Å². The number of hydrogen-bond donors (Lipinski definition) is 0. The largest absolute Gasteiger partial charge is 0.573 e. The molecule has 4 rings (SSSR count). The van der Waals surface area contributed by atoms with Gasteiger partial charge in [0.25, 0.3) is 11.8 Å². The molecule has 8 nitrogen and oxygen atoms in total. The molecule has 2 aliphatic heterocycles. The van der Waals surface area contributed by atoms with Gasteiger partial charge in [-0.05, 0) is 43.3 Å². The number of halogens is 3. The highest BCUT2D eigenvalue weighted by atomic mass is 19.4. The number of morpholine rings is 2. The highest BCUT2D eigenvalue weighted by molar-refractivity contribution is 5.95. The van der Waals surface area contributed by atoms with Crippen molar-refractivity contribution in [2.75, 3.05) is 39.4 Å². The van der Waals surface area contributed by atoms with Gasteiger partial charge < -0.3 is 24.0 Å². The Morgan fingerprint density at radius 1 is 0.970 bits per heavy atom. The minimum absolute atomic E-state index is 0.0752. The topological polar surface area (TPSA) is 81.2 Å². The molecular weight excluding hydrogens is 443 g/mol. The second kappa shape index (κ2) is 8.99. The fourth-order valence-electron chi connectivity index (χ4n) is 3.89. The summed E-state index contributed by atoms with van der Waals surface area (Å²) < 4.78 is 52.6. The number of nitrogens with zero attached hydrogens (tertiary/aromatic N) is 3. The predicted octanol–water partition coefficient (Wildman–Crippen LogP) is 2.63. The molecule has 1 aromatic heterocycles. The molecule has 1 spiro atoms. The molecule has 33 heavy (non-hydrogen) atoms.